The van der Waals surface area contributed by atoms with E-state index < -0.39 is 17.7 Å². The minimum atomic E-state index is -0.932. The molecule has 13 heteroatoms. The maximum atomic E-state index is 13.6. The van der Waals surface area contributed by atoms with Gasteiger partial charge in [0.15, 0.2) is 5.72 Å². The number of carbonyl (C=O) groups is 4. The van der Waals surface area contributed by atoms with Crippen molar-refractivity contribution in [1.29, 1.82) is 0 Å². The molecule has 0 spiro atoms. The van der Waals surface area contributed by atoms with Crippen LogP contribution in [0.2, 0.25) is 0 Å². The summed E-state index contributed by atoms with van der Waals surface area (Å²) in [6.07, 6.45) is -0.932. The molecule has 2 fully saturated rings. The number of amides is 2. The number of rotatable bonds is 11. The third-order valence-corrected chi connectivity index (χ3v) is 8.97. The molecule has 1 aliphatic carbocycles. The summed E-state index contributed by atoms with van der Waals surface area (Å²) in [6.45, 7) is 4.65. The van der Waals surface area contributed by atoms with Crippen LogP contribution in [-0.4, -0.2) is 91.1 Å². The molecule has 2 amide bonds. The Labute approximate surface area is 205 Å². The maximum absolute atomic E-state index is 13.6. The summed E-state index contributed by atoms with van der Waals surface area (Å²) >= 11 is 0. The standard InChI is InChI=1S/C21H29N5O6S2/c1-10-15(24-5-7-34-33-6-4-23-11(2)27)18(29)14-12(9-32-20(22)30)19-21(31-3)13(25-21)8-26(19)16(14)17(10)28/h12-13,19,24-25H,4-9H2,1-3H3,(H2,22,30)(H,23,27)/t12-,13?,19?,21-/m1/s1. The number of carbonyl (C=O) groups excluding carboxylic acids is 4. The van der Waals surface area contributed by atoms with Gasteiger partial charge in [-0.3, -0.25) is 19.7 Å². The molecular weight excluding hydrogens is 482 g/mol. The van der Waals surface area contributed by atoms with Crippen molar-refractivity contribution >= 4 is 45.2 Å². The topological polar surface area (TPSA) is 162 Å². The molecule has 0 bridgehead atoms. The quantitative estimate of drug-likeness (QED) is 0.122. The molecule has 4 atom stereocenters. The monoisotopic (exact) mass is 511 g/mol. The van der Waals surface area contributed by atoms with Crippen LogP contribution in [0.25, 0.3) is 0 Å². The van der Waals surface area contributed by atoms with Gasteiger partial charge in [0.25, 0.3) is 0 Å². The highest BCUT2D eigenvalue weighted by Crippen LogP contribution is 2.53. The minimum absolute atomic E-state index is 0.0412. The zero-order valence-electron chi connectivity index (χ0n) is 19.3. The zero-order chi connectivity index (χ0) is 24.6. The van der Waals surface area contributed by atoms with Gasteiger partial charge in [-0.1, -0.05) is 21.6 Å². The number of primary amides is 1. The molecule has 3 aliphatic heterocycles. The number of fused-ring (bicyclic) bond motifs is 4. The second-order valence-electron chi connectivity index (χ2n) is 8.50. The van der Waals surface area contributed by atoms with E-state index in [1.165, 1.54) is 6.92 Å². The Morgan fingerprint density at radius 2 is 1.94 bits per heavy atom. The largest absolute Gasteiger partial charge is 0.449 e. The van der Waals surface area contributed by atoms with Crippen molar-refractivity contribution in [3.8, 4) is 0 Å². The highest BCUT2D eigenvalue weighted by molar-refractivity contribution is 8.76. The maximum Gasteiger partial charge on any atom is 0.404 e. The summed E-state index contributed by atoms with van der Waals surface area (Å²) < 4.78 is 10.9. The zero-order valence-corrected chi connectivity index (χ0v) is 20.9. The van der Waals surface area contributed by atoms with Crippen molar-refractivity contribution in [3.63, 3.8) is 0 Å². The summed E-state index contributed by atoms with van der Waals surface area (Å²) in [5.74, 6) is 0.424. The number of nitrogens with one attached hydrogen (secondary N) is 3. The van der Waals surface area contributed by atoms with E-state index in [4.69, 9.17) is 15.2 Å². The first kappa shape index (κ1) is 24.9. The number of hydrogen-bond donors (Lipinski definition) is 4. The molecule has 3 heterocycles. The van der Waals surface area contributed by atoms with Crippen LogP contribution < -0.4 is 21.7 Å². The molecule has 5 N–H and O–H groups in total. The van der Waals surface area contributed by atoms with Crippen LogP contribution in [0.1, 0.15) is 13.8 Å². The third kappa shape index (κ3) is 4.30. The second kappa shape index (κ2) is 9.80. The summed E-state index contributed by atoms with van der Waals surface area (Å²) in [7, 11) is 4.83. The smallest absolute Gasteiger partial charge is 0.404 e. The van der Waals surface area contributed by atoms with Gasteiger partial charge in [-0.2, -0.15) is 0 Å². The number of Topliss-reactive ketones (excluding diaryl/α,β-unsaturated/α-hetero) is 2. The first-order chi connectivity index (χ1) is 16.2. The predicted molar refractivity (Wildman–Crippen MR) is 128 cm³/mol. The molecular formula is C21H29N5O6S2. The van der Waals surface area contributed by atoms with Gasteiger partial charge < -0.3 is 30.7 Å². The molecule has 0 radical (unpaired) electrons. The fraction of sp³-hybridized carbons (Fsp3) is 0.619. The second-order valence-corrected chi connectivity index (χ2v) is 11.2. The fourth-order valence-corrected chi connectivity index (χ4v) is 6.90. The Morgan fingerprint density at radius 1 is 1.24 bits per heavy atom. The van der Waals surface area contributed by atoms with E-state index in [-0.39, 0.29) is 41.9 Å². The minimum Gasteiger partial charge on any atom is -0.449 e. The van der Waals surface area contributed by atoms with Gasteiger partial charge in [0, 0.05) is 62.2 Å². The Balaban J connectivity index is 1.44. The Hall–Kier alpha value is -2.22. The van der Waals surface area contributed by atoms with Crippen LogP contribution >= 0.6 is 21.6 Å². The van der Waals surface area contributed by atoms with E-state index in [9.17, 15) is 19.2 Å². The lowest BCUT2D eigenvalue weighted by Crippen LogP contribution is -2.47. The van der Waals surface area contributed by atoms with Crippen molar-refractivity contribution < 1.29 is 28.7 Å². The number of piperazine rings is 1. The first-order valence-corrected chi connectivity index (χ1v) is 13.5. The van der Waals surface area contributed by atoms with Crippen LogP contribution in [0.4, 0.5) is 4.79 Å². The lowest BCUT2D eigenvalue weighted by Gasteiger charge is -2.31. The molecule has 0 saturated carbocycles. The van der Waals surface area contributed by atoms with Crippen LogP contribution in [0, 0.1) is 5.92 Å². The van der Waals surface area contributed by atoms with Crippen molar-refractivity contribution in [2.45, 2.75) is 31.7 Å². The summed E-state index contributed by atoms with van der Waals surface area (Å²) in [6, 6.07) is -0.304. The number of methoxy groups -OCH3 is 1. The SMILES string of the molecule is CO[C@]12NC1CN1C3=C(C(=O)C(NCCSSCCNC(C)=O)=C(C)C3=O)[C@@H](COC(N)=O)C12. The van der Waals surface area contributed by atoms with E-state index in [1.54, 1.807) is 35.6 Å². The van der Waals surface area contributed by atoms with E-state index in [2.05, 4.69) is 16.0 Å². The molecule has 186 valence electrons. The van der Waals surface area contributed by atoms with E-state index in [0.717, 1.165) is 5.75 Å². The molecule has 0 aromatic rings. The van der Waals surface area contributed by atoms with Crippen LogP contribution in [0.15, 0.2) is 22.5 Å². The van der Waals surface area contributed by atoms with Crippen LogP contribution in [0.3, 0.4) is 0 Å². The van der Waals surface area contributed by atoms with Crippen molar-refractivity contribution in [1.82, 2.24) is 20.9 Å². The molecule has 34 heavy (non-hydrogen) atoms. The van der Waals surface area contributed by atoms with Gasteiger partial charge in [-0.15, -0.1) is 0 Å². The third-order valence-electron chi connectivity index (χ3n) is 6.56. The van der Waals surface area contributed by atoms with Crippen LogP contribution in [-0.2, 0) is 23.9 Å². The van der Waals surface area contributed by atoms with Crippen LogP contribution in [0.5, 0.6) is 0 Å². The number of nitrogens with two attached hydrogens (primary N) is 1. The van der Waals surface area contributed by atoms with Crippen molar-refractivity contribution in [2.24, 2.45) is 11.7 Å². The average Bonchev–Trinajstić information content (AvgIpc) is 3.25. The molecule has 11 nitrogen and oxygen atoms in total. The van der Waals surface area contributed by atoms with Crippen molar-refractivity contribution in [2.75, 3.05) is 44.9 Å². The van der Waals surface area contributed by atoms with E-state index >= 15 is 0 Å². The lowest BCUT2D eigenvalue weighted by molar-refractivity contribution is -0.118. The number of nitrogens with zero attached hydrogens (tertiary/aromatic N) is 1. The number of ether oxygens (including phenoxy) is 2. The average molecular weight is 512 g/mol. The number of allylic oxidation sites excluding steroid dienone is 2. The Kier molecular flexibility index (Phi) is 7.17. The van der Waals surface area contributed by atoms with Gasteiger partial charge in [0.2, 0.25) is 17.5 Å². The van der Waals surface area contributed by atoms with Gasteiger partial charge in [0.05, 0.1) is 23.5 Å². The highest BCUT2D eigenvalue weighted by Gasteiger charge is 2.73. The Bertz CT molecular complexity index is 981. The molecule has 4 aliphatic rings. The van der Waals surface area contributed by atoms with Gasteiger partial charge in [-0.25, -0.2) is 4.79 Å². The van der Waals surface area contributed by atoms with Gasteiger partial charge >= 0.3 is 6.09 Å². The Morgan fingerprint density at radius 3 is 2.59 bits per heavy atom. The van der Waals surface area contributed by atoms with E-state index in [0.29, 0.717) is 42.2 Å². The molecule has 2 unspecified atom stereocenters. The normalized spacial score (nSPS) is 29.1. The number of hydrogen-bond acceptors (Lipinski definition) is 11. The molecule has 2 saturated heterocycles. The summed E-state index contributed by atoms with van der Waals surface area (Å²) in [4.78, 5) is 51.1. The summed E-state index contributed by atoms with van der Waals surface area (Å²) in [5, 5.41) is 9.19. The predicted octanol–water partition coefficient (Wildman–Crippen LogP) is -0.503. The van der Waals surface area contributed by atoms with E-state index in [1.807, 2.05) is 4.90 Å². The van der Waals surface area contributed by atoms with Crippen molar-refractivity contribution in [3.05, 3.63) is 22.5 Å². The molecule has 0 aromatic carbocycles. The first-order valence-electron chi connectivity index (χ1n) is 11.0. The fourth-order valence-electron chi connectivity index (χ4n) is 5.09. The number of ketones is 2. The highest BCUT2D eigenvalue weighted by atomic mass is 33.1. The lowest BCUT2D eigenvalue weighted by atomic mass is 9.83. The molecule has 0 aromatic heterocycles. The summed E-state index contributed by atoms with van der Waals surface area (Å²) in [5.41, 5.74) is 5.91. The van der Waals surface area contributed by atoms with Gasteiger partial charge in [-0.05, 0) is 6.92 Å². The van der Waals surface area contributed by atoms with Gasteiger partial charge in [0.1, 0.15) is 6.61 Å². The molecule has 4 rings (SSSR count).